The fourth-order valence-corrected chi connectivity index (χ4v) is 1.95. The summed E-state index contributed by atoms with van der Waals surface area (Å²) in [4.78, 5) is 21.4. The number of hydrogen-bond donors (Lipinski definition) is 2. The minimum Gasteiger partial charge on any atom is -0.496 e. The molecule has 0 aromatic heterocycles. The highest BCUT2D eigenvalue weighted by Gasteiger charge is 1.99. The van der Waals surface area contributed by atoms with Gasteiger partial charge >= 0.3 is 12.2 Å². The number of para-hydroxylation sites is 2. The predicted octanol–water partition coefficient (Wildman–Crippen LogP) is 2.77. The summed E-state index contributed by atoms with van der Waals surface area (Å²) in [5.41, 5.74) is 5.92. The second kappa shape index (κ2) is 14.0. The van der Waals surface area contributed by atoms with E-state index >= 15 is 0 Å². The highest BCUT2D eigenvalue weighted by Crippen LogP contribution is 2.15. The molecule has 0 saturated heterocycles. The van der Waals surface area contributed by atoms with Crippen molar-refractivity contribution in [2.24, 2.45) is 10.2 Å². The first kappa shape index (κ1) is 24.0. The standard InChI is InChI=1S/2C10H12N2O3/c2*1-14-9-6-4-3-5-8(9)7-11-12-10(13)15-2/h2*3-7H,1-2H3,(H,12,13)/b2*11-7+. The Kier molecular flexibility index (Phi) is 11.2. The van der Waals surface area contributed by atoms with Gasteiger partial charge in [-0.25, -0.2) is 20.4 Å². The second-order valence-electron chi connectivity index (χ2n) is 5.21. The number of carbonyl (C=O) groups is 2. The summed E-state index contributed by atoms with van der Waals surface area (Å²) >= 11 is 0. The lowest BCUT2D eigenvalue weighted by Gasteiger charge is -2.02. The van der Waals surface area contributed by atoms with E-state index in [1.807, 2.05) is 36.4 Å². The number of benzene rings is 2. The molecular weight excluding hydrogens is 392 g/mol. The largest absolute Gasteiger partial charge is 0.496 e. The van der Waals surface area contributed by atoms with Crippen LogP contribution < -0.4 is 20.3 Å². The number of nitrogens with one attached hydrogen (secondary N) is 2. The van der Waals surface area contributed by atoms with Gasteiger partial charge in [0.25, 0.3) is 0 Å². The van der Waals surface area contributed by atoms with Gasteiger partial charge in [0.2, 0.25) is 0 Å². The lowest BCUT2D eigenvalue weighted by Crippen LogP contribution is -2.16. The van der Waals surface area contributed by atoms with E-state index in [4.69, 9.17) is 9.47 Å². The minimum absolute atomic E-state index is 0.610. The van der Waals surface area contributed by atoms with Gasteiger partial charge in [-0.3, -0.25) is 0 Å². The molecule has 2 amide bonds. The van der Waals surface area contributed by atoms with Crippen molar-refractivity contribution in [3.63, 3.8) is 0 Å². The molecule has 10 heteroatoms. The average molecular weight is 416 g/mol. The minimum atomic E-state index is -0.610. The van der Waals surface area contributed by atoms with Crippen LogP contribution in [0.4, 0.5) is 9.59 Å². The molecule has 2 rings (SSSR count). The molecule has 30 heavy (non-hydrogen) atoms. The predicted molar refractivity (Wildman–Crippen MR) is 112 cm³/mol. The van der Waals surface area contributed by atoms with Crippen molar-refractivity contribution in [1.82, 2.24) is 10.9 Å². The van der Waals surface area contributed by atoms with Gasteiger partial charge in [-0.2, -0.15) is 10.2 Å². The van der Waals surface area contributed by atoms with Gasteiger partial charge in [-0.15, -0.1) is 0 Å². The molecule has 10 nitrogen and oxygen atoms in total. The van der Waals surface area contributed by atoms with Crippen LogP contribution in [-0.2, 0) is 9.47 Å². The summed E-state index contributed by atoms with van der Waals surface area (Å²) in [6, 6.07) is 14.7. The first-order valence-electron chi connectivity index (χ1n) is 8.55. The van der Waals surface area contributed by atoms with Crippen LogP contribution in [-0.4, -0.2) is 53.1 Å². The highest BCUT2D eigenvalue weighted by atomic mass is 16.5. The number of rotatable bonds is 6. The molecule has 0 unspecified atom stereocenters. The molecule has 2 aromatic carbocycles. The second-order valence-corrected chi connectivity index (χ2v) is 5.21. The number of ether oxygens (including phenoxy) is 4. The Morgan fingerprint density at radius 3 is 1.40 bits per heavy atom. The number of nitrogens with zero attached hydrogens (tertiary/aromatic N) is 2. The summed E-state index contributed by atoms with van der Waals surface area (Å²) in [6.07, 6.45) is 1.74. The number of hydrogen-bond acceptors (Lipinski definition) is 8. The van der Waals surface area contributed by atoms with Crippen LogP contribution in [0.2, 0.25) is 0 Å². The molecule has 0 fully saturated rings. The monoisotopic (exact) mass is 416 g/mol. The number of amides is 2. The molecule has 0 radical (unpaired) electrons. The van der Waals surface area contributed by atoms with Crippen molar-refractivity contribution >= 4 is 24.6 Å². The Labute approximate surface area is 174 Å². The summed E-state index contributed by atoms with van der Waals surface area (Å²) in [5.74, 6) is 1.38. The van der Waals surface area contributed by atoms with Crippen LogP contribution in [0.3, 0.4) is 0 Å². The van der Waals surface area contributed by atoms with Gasteiger partial charge in [-0.1, -0.05) is 24.3 Å². The van der Waals surface area contributed by atoms with Crippen LogP contribution in [0.15, 0.2) is 58.7 Å². The smallest absolute Gasteiger partial charge is 0.427 e. The van der Waals surface area contributed by atoms with Crippen LogP contribution in [0.1, 0.15) is 11.1 Å². The molecule has 2 N–H and O–H groups in total. The van der Waals surface area contributed by atoms with Gasteiger partial charge in [0.15, 0.2) is 0 Å². The van der Waals surface area contributed by atoms with Crippen molar-refractivity contribution in [2.45, 2.75) is 0 Å². The number of hydrazone groups is 2. The molecule has 0 aliphatic rings. The van der Waals surface area contributed by atoms with Gasteiger partial charge in [-0.05, 0) is 24.3 Å². The summed E-state index contributed by atoms with van der Waals surface area (Å²) in [6.45, 7) is 0. The highest BCUT2D eigenvalue weighted by molar-refractivity contribution is 5.84. The molecule has 0 spiro atoms. The maximum Gasteiger partial charge on any atom is 0.427 e. The van der Waals surface area contributed by atoms with Crippen molar-refractivity contribution < 1.29 is 28.5 Å². The van der Waals surface area contributed by atoms with E-state index in [0.29, 0.717) is 11.5 Å². The summed E-state index contributed by atoms with van der Waals surface area (Å²) in [7, 11) is 5.68. The third-order valence-corrected chi connectivity index (χ3v) is 3.37. The Morgan fingerprint density at radius 2 is 1.07 bits per heavy atom. The third kappa shape index (κ3) is 8.74. The van der Waals surface area contributed by atoms with Crippen LogP contribution in [0.5, 0.6) is 11.5 Å². The zero-order chi connectivity index (χ0) is 22.2. The van der Waals surface area contributed by atoms with E-state index in [0.717, 1.165) is 11.1 Å². The van der Waals surface area contributed by atoms with Gasteiger partial charge in [0, 0.05) is 11.1 Å². The van der Waals surface area contributed by atoms with E-state index in [9.17, 15) is 9.59 Å². The van der Waals surface area contributed by atoms with Gasteiger partial charge in [0.05, 0.1) is 40.9 Å². The van der Waals surface area contributed by atoms with Crippen LogP contribution in [0, 0.1) is 0 Å². The molecule has 2 aromatic rings. The quantitative estimate of drug-likeness (QED) is 0.552. The van der Waals surface area contributed by atoms with Gasteiger partial charge < -0.3 is 18.9 Å². The Hall–Kier alpha value is -4.08. The first-order chi connectivity index (χ1) is 14.5. The normalized spacial score (nSPS) is 10.0. The fourth-order valence-electron chi connectivity index (χ4n) is 1.95. The topological polar surface area (TPSA) is 120 Å². The summed E-state index contributed by atoms with van der Waals surface area (Å²) < 4.78 is 18.9. The maximum atomic E-state index is 10.7. The van der Waals surface area contributed by atoms with Crippen molar-refractivity contribution in [3.05, 3.63) is 59.7 Å². The fraction of sp³-hybridized carbons (Fsp3) is 0.200. The van der Waals surface area contributed by atoms with Crippen molar-refractivity contribution in [2.75, 3.05) is 28.4 Å². The molecule has 0 saturated carbocycles. The molecular formula is C20H24N4O6. The van der Waals surface area contributed by atoms with E-state index in [1.165, 1.54) is 26.6 Å². The van der Waals surface area contributed by atoms with Crippen molar-refractivity contribution in [3.8, 4) is 11.5 Å². The average Bonchev–Trinajstić information content (AvgIpc) is 2.79. The molecule has 0 aliphatic carbocycles. The van der Waals surface area contributed by atoms with E-state index < -0.39 is 12.2 Å². The van der Waals surface area contributed by atoms with E-state index in [2.05, 4.69) is 30.5 Å². The van der Waals surface area contributed by atoms with Crippen LogP contribution >= 0.6 is 0 Å². The molecule has 160 valence electrons. The molecule has 0 bridgehead atoms. The SMILES string of the molecule is COC(=O)N/N=C/c1ccccc1OC.COC(=O)N/N=C/c1ccccc1OC. The zero-order valence-corrected chi connectivity index (χ0v) is 17.1. The number of carbonyl (C=O) groups excluding carboxylic acids is 2. The summed E-state index contributed by atoms with van der Waals surface area (Å²) in [5, 5.41) is 7.38. The molecule has 0 atom stereocenters. The lowest BCUT2D eigenvalue weighted by atomic mass is 10.2. The van der Waals surface area contributed by atoms with E-state index in [-0.39, 0.29) is 0 Å². The molecule has 0 aliphatic heterocycles. The third-order valence-electron chi connectivity index (χ3n) is 3.37. The first-order valence-corrected chi connectivity index (χ1v) is 8.55. The van der Waals surface area contributed by atoms with E-state index in [1.54, 1.807) is 26.4 Å². The number of methoxy groups -OCH3 is 4. The molecule has 0 heterocycles. The Bertz CT molecular complexity index is 798. The zero-order valence-electron chi connectivity index (χ0n) is 17.1. The Morgan fingerprint density at radius 1 is 0.700 bits per heavy atom. The Balaban J connectivity index is 0.000000300. The lowest BCUT2D eigenvalue weighted by molar-refractivity contribution is 0.170. The van der Waals surface area contributed by atoms with Gasteiger partial charge in [0.1, 0.15) is 11.5 Å². The van der Waals surface area contributed by atoms with Crippen LogP contribution in [0.25, 0.3) is 0 Å². The van der Waals surface area contributed by atoms with Crippen molar-refractivity contribution in [1.29, 1.82) is 0 Å². The maximum absolute atomic E-state index is 10.7.